The molecule has 0 aromatic heterocycles. The molecule has 0 bridgehead atoms. The molecule has 0 aliphatic heterocycles. The maximum atomic E-state index is 12.6. The van der Waals surface area contributed by atoms with Crippen LogP contribution in [0, 0.1) is 5.92 Å². The van der Waals surface area contributed by atoms with E-state index >= 15 is 0 Å². The van der Waals surface area contributed by atoms with Crippen LogP contribution in [0.5, 0.6) is 5.75 Å². The number of nitrogens with zero attached hydrogens (tertiary/aromatic N) is 1. The van der Waals surface area contributed by atoms with E-state index < -0.39 is 0 Å². The highest BCUT2D eigenvalue weighted by Crippen LogP contribution is 2.37. The van der Waals surface area contributed by atoms with Gasteiger partial charge in [0.1, 0.15) is 5.75 Å². The molecule has 2 aromatic rings. The average Bonchev–Trinajstić information content (AvgIpc) is 2.70. The number of aliphatic hydroxyl groups excluding tert-OH is 1. The van der Waals surface area contributed by atoms with Crippen LogP contribution in [0.4, 0.5) is 0 Å². The van der Waals surface area contributed by atoms with E-state index in [-0.39, 0.29) is 36.8 Å². The van der Waals surface area contributed by atoms with E-state index in [4.69, 9.17) is 4.74 Å². The van der Waals surface area contributed by atoms with Crippen molar-refractivity contribution in [2.75, 3.05) is 6.54 Å². The van der Waals surface area contributed by atoms with E-state index in [2.05, 4.69) is 56.9 Å². The lowest BCUT2D eigenvalue weighted by molar-refractivity contribution is -0.141. The summed E-state index contributed by atoms with van der Waals surface area (Å²) in [5, 5.41) is 9.77. The Labute approximate surface area is 199 Å². The molecule has 1 N–H and O–H groups in total. The van der Waals surface area contributed by atoms with Crippen LogP contribution in [0.25, 0.3) is 0 Å². The predicted molar refractivity (Wildman–Crippen MR) is 132 cm³/mol. The van der Waals surface area contributed by atoms with Gasteiger partial charge in [0.15, 0.2) is 0 Å². The van der Waals surface area contributed by atoms with Crippen molar-refractivity contribution >= 4 is 18.4 Å². The Balaban J connectivity index is 0.00000363. The molecule has 0 amide bonds. The summed E-state index contributed by atoms with van der Waals surface area (Å²) in [4.78, 5) is 15.1. The van der Waals surface area contributed by atoms with Crippen molar-refractivity contribution in [3.8, 4) is 5.75 Å². The first kappa shape index (κ1) is 26.4. The minimum absolute atomic E-state index is 0. The fourth-order valence-corrected chi connectivity index (χ4v) is 4.48. The van der Waals surface area contributed by atoms with Crippen LogP contribution in [0.1, 0.15) is 76.0 Å². The molecule has 0 saturated heterocycles. The van der Waals surface area contributed by atoms with Crippen molar-refractivity contribution in [2.24, 2.45) is 5.92 Å². The zero-order valence-electron chi connectivity index (χ0n) is 19.8. The summed E-state index contributed by atoms with van der Waals surface area (Å²) in [5.41, 5.74) is 3.02. The van der Waals surface area contributed by atoms with Crippen molar-refractivity contribution in [1.82, 2.24) is 4.90 Å². The van der Waals surface area contributed by atoms with Crippen molar-refractivity contribution in [2.45, 2.75) is 78.0 Å². The smallest absolute Gasteiger partial charge is 0.314 e. The van der Waals surface area contributed by atoms with E-state index in [1.165, 1.54) is 5.56 Å². The van der Waals surface area contributed by atoms with Gasteiger partial charge in [0.2, 0.25) is 0 Å². The molecule has 0 spiro atoms. The van der Waals surface area contributed by atoms with Gasteiger partial charge in [-0.2, -0.15) is 0 Å². The molecule has 0 radical (unpaired) electrons. The Bertz CT molecular complexity index is 841. The maximum absolute atomic E-state index is 12.6. The lowest BCUT2D eigenvalue weighted by atomic mass is 9.85. The molecule has 1 aliphatic rings. The van der Waals surface area contributed by atoms with E-state index in [1.54, 1.807) is 0 Å². The number of carbonyl (C=O) groups is 1. The largest absolute Gasteiger partial charge is 0.426 e. The zero-order valence-corrected chi connectivity index (χ0v) is 20.6. The minimum Gasteiger partial charge on any atom is -0.426 e. The van der Waals surface area contributed by atoms with Crippen LogP contribution in [0.3, 0.4) is 0 Å². The summed E-state index contributed by atoms with van der Waals surface area (Å²) in [6, 6.07) is 17.0. The Morgan fingerprint density at radius 2 is 1.72 bits per heavy atom. The van der Waals surface area contributed by atoms with E-state index in [1.807, 2.05) is 24.3 Å². The van der Waals surface area contributed by atoms with Crippen LogP contribution < -0.4 is 4.74 Å². The van der Waals surface area contributed by atoms with Crippen LogP contribution in [0.15, 0.2) is 48.5 Å². The third kappa shape index (κ3) is 6.57. The standard InChI is InChI=1S/C27H37NO3.ClH/c1-19(2)28(20(3)4)16-15-24(22-9-6-5-7-10-22)25-17-21(18-29)13-14-26(25)31-27(30)23-11-8-12-23;/h5-7,9-10,13-14,17,19-20,23-24,29H,8,11-12,15-16,18H2,1-4H3;1H/t24-;/m1./s1. The maximum Gasteiger partial charge on any atom is 0.314 e. The van der Waals surface area contributed by atoms with Crippen molar-refractivity contribution < 1.29 is 14.6 Å². The summed E-state index contributed by atoms with van der Waals surface area (Å²) in [6.07, 6.45) is 3.84. The molecule has 0 unspecified atom stereocenters. The number of hydrogen-bond donors (Lipinski definition) is 1. The highest BCUT2D eigenvalue weighted by atomic mass is 35.5. The minimum atomic E-state index is -0.123. The average molecular weight is 460 g/mol. The van der Waals surface area contributed by atoms with Gasteiger partial charge in [-0.3, -0.25) is 9.69 Å². The monoisotopic (exact) mass is 459 g/mol. The van der Waals surface area contributed by atoms with Gasteiger partial charge in [0, 0.05) is 23.6 Å². The third-order valence-electron chi connectivity index (χ3n) is 6.49. The second-order valence-electron chi connectivity index (χ2n) is 9.26. The molecule has 3 rings (SSSR count). The third-order valence-corrected chi connectivity index (χ3v) is 6.49. The van der Waals surface area contributed by atoms with E-state index in [0.717, 1.165) is 43.4 Å². The first-order chi connectivity index (χ1) is 14.9. The van der Waals surface area contributed by atoms with Crippen LogP contribution >= 0.6 is 12.4 Å². The Kier molecular flexibility index (Phi) is 10.2. The molecular formula is C27H38ClNO3. The number of ether oxygens (including phenoxy) is 1. The van der Waals surface area contributed by atoms with Gasteiger partial charge in [-0.25, -0.2) is 0 Å². The lowest BCUT2D eigenvalue weighted by Gasteiger charge is -2.32. The summed E-state index contributed by atoms with van der Waals surface area (Å²) in [6.45, 7) is 9.83. The van der Waals surface area contributed by atoms with Gasteiger partial charge in [0.25, 0.3) is 0 Å². The van der Waals surface area contributed by atoms with Gasteiger partial charge in [-0.1, -0.05) is 42.8 Å². The normalized spacial score (nSPS) is 14.9. The van der Waals surface area contributed by atoms with Gasteiger partial charge in [-0.05, 0) is 76.8 Å². The number of carbonyl (C=O) groups excluding carboxylic acids is 1. The highest BCUT2D eigenvalue weighted by Gasteiger charge is 2.29. The molecule has 4 nitrogen and oxygen atoms in total. The summed E-state index contributed by atoms with van der Waals surface area (Å²) in [5.74, 6) is 0.612. The zero-order chi connectivity index (χ0) is 22.4. The molecule has 1 saturated carbocycles. The van der Waals surface area contributed by atoms with Crippen molar-refractivity contribution in [1.29, 1.82) is 0 Å². The van der Waals surface area contributed by atoms with E-state index in [9.17, 15) is 9.90 Å². The van der Waals surface area contributed by atoms with Crippen molar-refractivity contribution in [3.05, 3.63) is 65.2 Å². The van der Waals surface area contributed by atoms with Crippen molar-refractivity contribution in [3.63, 3.8) is 0 Å². The van der Waals surface area contributed by atoms with Crippen LogP contribution in [0.2, 0.25) is 0 Å². The topological polar surface area (TPSA) is 49.8 Å². The molecule has 0 heterocycles. The predicted octanol–water partition coefficient (Wildman–Crippen LogP) is 5.95. The summed E-state index contributed by atoms with van der Waals surface area (Å²) >= 11 is 0. The van der Waals surface area contributed by atoms with Gasteiger partial charge in [-0.15, -0.1) is 12.4 Å². The quantitative estimate of drug-likeness (QED) is 0.352. The fraction of sp³-hybridized carbons (Fsp3) is 0.519. The van der Waals surface area contributed by atoms with Gasteiger partial charge in [0.05, 0.1) is 12.5 Å². The summed E-state index contributed by atoms with van der Waals surface area (Å²) in [7, 11) is 0. The molecule has 1 atom stereocenters. The van der Waals surface area contributed by atoms with Gasteiger partial charge < -0.3 is 9.84 Å². The fourth-order valence-electron chi connectivity index (χ4n) is 4.48. The Morgan fingerprint density at radius 1 is 1.06 bits per heavy atom. The SMILES string of the molecule is CC(C)N(CC[C@H](c1ccccc1)c1cc(CO)ccc1OC(=O)C1CCC1)C(C)C.Cl. The first-order valence-corrected chi connectivity index (χ1v) is 11.7. The molecule has 1 aliphatic carbocycles. The second-order valence-corrected chi connectivity index (χ2v) is 9.26. The molecule has 32 heavy (non-hydrogen) atoms. The van der Waals surface area contributed by atoms with Crippen LogP contribution in [-0.2, 0) is 11.4 Å². The number of hydrogen-bond acceptors (Lipinski definition) is 4. The lowest BCUT2D eigenvalue weighted by Crippen LogP contribution is -2.38. The Hall–Kier alpha value is -1.88. The molecule has 176 valence electrons. The number of rotatable bonds is 10. The molecular weight excluding hydrogens is 422 g/mol. The van der Waals surface area contributed by atoms with Gasteiger partial charge >= 0.3 is 5.97 Å². The molecule has 1 fully saturated rings. The molecule has 5 heteroatoms. The highest BCUT2D eigenvalue weighted by molar-refractivity contribution is 5.85. The first-order valence-electron chi connectivity index (χ1n) is 11.7. The molecule has 2 aromatic carbocycles. The van der Waals surface area contributed by atoms with Crippen LogP contribution in [-0.4, -0.2) is 34.6 Å². The number of aliphatic hydroxyl groups is 1. The number of benzene rings is 2. The number of halogens is 1. The summed E-state index contributed by atoms with van der Waals surface area (Å²) < 4.78 is 5.92. The second kappa shape index (κ2) is 12.4. The van der Waals surface area contributed by atoms with E-state index in [0.29, 0.717) is 17.8 Å². The Morgan fingerprint density at radius 3 is 2.25 bits per heavy atom. The number of esters is 1.